The lowest BCUT2D eigenvalue weighted by Crippen LogP contribution is -2.14. The molecule has 1 atom stereocenters. The van der Waals surface area contributed by atoms with Gasteiger partial charge in [-0.15, -0.1) is 11.3 Å². The quantitative estimate of drug-likeness (QED) is 0.771. The summed E-state index contributed by atoms with van der Waals surface area (Å²) >= 11 is 1.61. The largest absolute Gasteiger partial charge is 0.396 e. The summed E-state index contributed by atoms with van der Waals surface area (Å²) in [6, 6.07) is 2.07. The van der Waals surface area contributed by atoms with Crippen molar-refractivity contribution >= 4 is 33.3 Å². The number of aliphatic hydroxyl groups is 1. The van der Waals surface area contributed by atoms with E-state index in [2.05, 4.69) is 28.3 Å². The van der Waals surface area contributed by atoms with Crippen molar-refractivity contribution in [2.45, 2.75) is 20.3 Å². The van der Waals surface area contributed by atoms with E-state index in [1.54, 1.807) is 11.3 Å². The highest BCUT2D eigenvalue weighted by Crippen LogP contribution is 2.29. The van der Waals surface area contributed by atoms with Crippen LogP contribution in [0, 0.1) is 12.8 Å². The Morgan fingerprint density at radius 1 is 1.50 bits per heavy atom. The number of nitrogens with zero attached hydrogens (tertiary/aromatic N) is 2. The van der Waals surface area contributed by atoms with Crippen LogP contribution in [0.5, 0.6) is 0 Å². The zero-order valence-corrected chi connectivity index (χ0v) is 11.4. The Hall–Kier alpha value is -1.40. The maximum atomic E-state index is 8.88. The second kappa shape index (κ2) is 5.49. The molecule has 0 spiro atoms. The van der Waals surface area contributed by atoms with Crippen LogP contribution in [-0.2, 0) is 0 Å². The average Bonchev–Trinajstić information content (AvgIpc) is 2.66. The first-order chi connectivity index (χ1) is 8.60. The van der Waals surface area contributed by atoms with Gasteiger partial charge in [-0.05, 0) is 25.3 Å². The average molecular weight is 266 g/mol. The molecule has 98 valence electrons. The molecule has 0 radical (unpaired) electrons. The molecule has 0 saturated heterocycles. The van der Waals surface area contributed by atoms with Crippen LogP contribution in [0.4, 0.5) is 11.8 Å². The van der Waals surface area contributed by atoms with Crippen molar-refractivity contribution in [3.8, 4) is 0 Å². The molecule has 18 heavy (non-hydrogen) atoms. The maximum Gasteiger partial charge on any atom is 0.223 e. The highest BCUT2D eigenvalue weighted by atomic mass is 32.1. The Balaban J connectivity index is 2.21. The number of fused-ring (bicyclic) bond motifs is 1. The van der Waals surface area contributed by atoms with Gasteiger partial charge in [-0.1, -0.05) is 6.92 Å². The van der Waals surface area contributed by atoms with E-state index >= 15 is 0 Å². The number of aromatic nitrogens is 2. The summed E-state index contributed by atoms with van der Waals surface area (Å²) in [4.78, 5) is 10.6. The van der Waals surface area contributed by atoms with Crippen LogP contribution >= 0.6 is 11.3 Å². The molecule has 4 N–H and O–H groups in total. The lowest BCUT2D eigenvalue weighted by Gasteiger charge is -2.12. The Kier molecular flexibility index (Phi) is 3.98. The molecule has 2 aromatic heterocycles. The van der Waals surface area contributed by atoms with E-state index in [1.807, 2.05) is 6.92 Å². The van der Waals surface area contributed by atoms with Crippen LogP contribution in [0.3, 0.4) is 0 Å². The molecule has 2 heterocycles. The molecule has 2 aromatic rings. The molecule has 0 saturated carbocycles. The number of anilines is 2. The van der Waals surface area contributed by atoms with Crippen molar-refractivity contribution in [1.29, 1.82) is 0 Å². The smallest absolute Gasteiger partial charge is 0.223 e. The van der Waals surface area contributed by atoms with Crippen molar-refractivity contribution in [3.05, 3.63) is 10.9 Å². The summed E-state index contributed by atoms with van der Waals surface area (Å²) in [7, 11) is 0. The molecule has 0 bridgehead atoms. The monoisotopic (exact) mass is 266 g/mol. The van der Waals surface area contributed by atoms with Gasteiger partial charge in [0.2, 0.25) is 5.95 Å². The first-order valence-electron chi connectivity index (χ1n) is 5.98. The van der Waals surface area contributed by atoms with Gasteiger partial charge in [-0.2, -0.15) is 4.98 Å². The SMILES string of the molecule is Cc1cc2c(NCC(C)CCO)nc(N)nc2s1. The molecule has 2 rings (SSSR count). The van der Waals surface area contributed by atoms with Crippen molar-refractivity contribution in [2.24, 2.45) is 5.92 Å². The van der Waals surface area contributed by atoms with Gasteiger partial charge in [0.25, 0.3) is 0 Å². The number of nitrogen functional groups attached to an aromatic ring is 1. The van der Waals surface area contributed by atoms with Gasteiger partial charge in [0.15, 0.2) is 0 Å². The van der Waals surface area contributed by atoms with Gasteiger partial charge in [-0.3, -0.25) is 0 Å². The third kappa shape index (κ3) is 2.88. The van der Waals surface area contributed by atoms with Crippen LogP contribution in [-0.4, -0.2) is 28.2 Å². The predicted octanol–water partition coefficient (Wildman–Crippen LogP) is 2.01. The standard InChI is InChI=1S/C12H18N4OS/c1-7(3-4-17)6-14-10-9-5-8(2)18-11(9)16-12(13)15-10/h5,7,17H,3-4,6H2,1-2H3,(H3,13,14,15,16). The first kappa shape index (κ1) is 13.0. The van der Waals surface area contributed by atoms with Crippen molar-refractivity contribution in [3.63, 3.8) is 0 Å². The Labute approximate surface area is 110 Å². The van der Waals surface area contributed by atoms with Gasteiger partial charge in [0.1, 0.15) is 10.6 Å². The van der Waals surface area contributed by atoms with E-state index in [1.165, 1.54) is 4.88 Å². The fraction of sp³-hybridized carbons (Fsp3) is 0.500. The van der Waals surface area contributed by atoms with Gasteiger partial charge >= 0.3 is 0 Å². The van der Waals surface area contributed by atoms with E-state index in [0.717, 1.165) is 29.0 Å². The molecule has 1 unspecified atom stereocenters. The second-order valence-corrected chi connectivity index (χ2v) is 5.74. The Morgan fingerprint density at radius 2 is 2.28 bits per heavy atom. The Bertz CT molecular complexity index is 540. The first-order valence-corrected chi connectivity index (χ1v) is 6.80. The van der Waals surface area contributed by atoms with E-state index in [4.69, 9.17) is 10.8 Å². The summed E-state index contributed by atoms with van der Waals surface area (Å²) in [6.07, 6.45) is 0.777. The van der Waals surface area contributed by atoms with Crippen LogP contribution in [0.25, 0.3) is 10.2 Å². The number of thiophene rings is 1. The fourth-order valence-electron chi connectivity index (χ4n) is 1.79. The summed E-state index contributed by atoms with van der Waals surface area (Å²) in [6.45, 7) is 5.10. The van der Waals surface area contributed by atoms with Crippen LogP contribution < -0.4 is 11.1 Å². The molecule has 0 fully saturated rings. The summed E-state index contributed by atoms with van der Waals surface area (Å²) in [5.41, 5.74) is 5.70. The number of rotatable bonds is 5. The topological polar surface area (TPSA) is 84.1 Å². The third-order valence-corrected chi connectivity index (χ3v) is 3.72. The number of aliphatic hydroxyl groups excluding tert-OH is 1. The lowest BCUT2D eigenvalue weighted by atomic mass is 10.1. The van der Waals surface area contributed by atoms with Gasteiger partial charge in [0, 0.05) is 18.0 Å². The van der Waals surface area contributed by atoms with E-state index in [0.29, 0.717) is 11.9 Å². The summed E-state index contributed by atoms with van der Waals surface area (Å²) < 4.78 is 0. The predicted molar refractivity (Wildman–Crippen MR) is 75.9 cm³/mol. The van der Waals surface area contributed by atoms with Crippen molar-refractivity contribution < 1.29 is 5.11 Å². The molecule has 0 aliphatic carbocycles. The molecule has 0 aliphatic rings. The van der Waals surface area contributed by atoms with Crippen molar-refractivity contribution in [2.75, 3.05) is 24.2 Å². The maximum absolute atomic E-state index is 8.88. The number of nitrogens with one attached hydrogen (secondary N) is 1. The normalized spacial score (nSPS) is 12.8. The minimum atomic E-state index is 0.210. The zero-order valence-electron chi connectivity index (χ0n) is 10.6. The lowest BCUT2D eigenvalue weighted by molar-refractivity contribution is 0.266. The number of nitrogens with two attached hydrogens (primary N) is 1. The van der Waals surface area contributed by atoms with Gasteiger partial charge < -0.3 is 16.2 Å². The van der Waals surface area contributed by atoms with E-state index in [9.17, 15) is 0 Å². The van der Waals surface area contributed by atoms with Crippen molar-refractivity contribution in [1.82, 2.24) is 9.97 Å². The molecule has 0 aliphatic heterocycles. The molecule has 0 amide bonds. The number of hydrogen-bond acceptors (Lipinski definition) is 6. The Morgan fingerprint density at radius 3 is 3.00 bits per heavy atom. The van der Waals surface area contributed by atoms with E-state index < -0.39 is 0 Å². The number of hydrogen-bond donors (Lipinski definition) is 3. The third-order valence-electron chi connectivity index (χ3n) is 2.77. The van der Waals surface area contributed by atoms with Gasteiger partial charge in [0.05, 0.1) is 5.39 Å². The van der Waals surface area contributed by atoms with Crippen LogP contribution in [0.2, 0.25) is 0 Å². The highest BCUT2D eigenvalue weighted by molar-refractivity contribution is 7.18. The highest BCUT2D eigenvalue weighted by Gasteiger charge is 2.10. The summed E-state index contributed by atoms with van der Waals surface area (Å²) in [5.74, 6) is 1.47. The van der Waals surface area contributed by atoms with Gasteiger partial charge in [-0.25, -0.2) is 4.98 Å². The minimum Gasteiger partial charge on any atom is -0.396 e. The zero-order chi connectivity index (χ0) is 13.1. The molecular formula is C12H18N4OS. The molecule has 0 aromatic carbocycles. The summed E-state index contributed by atoms with van der Waals surface area (Å²) in [5, 5.41) is 13.2. The van der Waals surface area contributed by atoms with Crippen LogP contribution in [0.15, 0.2) is 6.07 Å². The molecule has 5 nitrogen and oxygen atoms in total. The number of aryl methyl sites for hydroxylation is 1. The second-order valence-electron chi connectivity index (χ2n) is 4.50. The van der Waals surface area contributed by atoms with Crippen LogP contribution in [0.1, 0.15) is 18.2 Å². The van der Waals surface area contributed by atoms with E-state index in [-0.39, 0.29) is 6.61 Å². The molecule has 6 heteroatoms. The minimum absolute atomic E-state index is 0.210. The molecular weight excluding hydrogens is 248 g/mol. The fourth-order valence-corrected chi connectivity index (χ4v) is 2.67.